The quantitative estimate of drug-likeness (QED) is 0.390. The highest BCUT2D eigenvalue weighted by atomic mass is 16.1. The van der Waals surface area contributed by atoms with Crippen molar-refractivity contribution in [2.24, 2.45) is 0 Å². The molecule has 0 aliphatic carbocycles. The zero-order valence-electron chi connectivity index (χ0n) is 17.3. The smallest absolute Gasteiger partial charge is 0.252 e. The molecule has 30 heavy (non-hydrogen) atoms. The van der Waals surface area contributed by atoms with Gasteiger partial charge in [-0.1, -0.05) is 44.2 Å². The molecule has 0 unspecified atom stereocenters. The first-order valence-electron chi connectivity index (χ1n) is 10.3. The van der Waals surface area contributed by atoms with Crippen LogP contribution in [-0.4, -0.2) is 22.4 Å². The number of H-pyrrole nitrogens is 1. The number of fused-ring (bicyclic) bond motifs is 1. The fourth-order valence-electron chi connectivity index (χ4n) is 3.50. The Morgan fingerprint density at radius 3 is 2.63 bits per heavy atom. The van der Waals surface area contributed by atoms with Crippen LogP contribution in [0.15, 0.2) is 73.2 Å². The topological polar surface area (TPSA) is 69.8 Å². The van der Waals surface area contributed by atoms with Crippen molar-refractivity contribution in [2.45, 2.75) is 26.2 Å². The first kappa shape index (κ1) is 19.7. The number of carbonyl (C=O) groups excluding carboxylic acids is 1. The molecule has 5 heteroatoms. The van der Waals surface area contributed by atoms with Crippen molar-refractivity contribution >= 4 is 28.2 Å². The third-order valence-corrected chi connectivity index (χ3v) is 5.22. The third-order valence-electron chi connectivity index (χ3n) is 5.22. The van der Waals surface area contributed by atoms with Crippen molar-refractivity contribution in [1.29, 1.82) is 0 Å². The van der Waals surface area contributed by atoms with Crippen molar-refractivity contribution < 1.29 is 4.79 Å². The number of benzene rings is 2. The van der Waals surface area contributed by atoms with E-state index in [1.54, 1.807) is 12.4 Å². The Morgan fingerprint density at radius 2 is 1.83 bits per heavy atom. The SMILES string of the molecule is CC(C)c1ccc(Nc2cncc(C(=O)NCCc3c[nH]c4ccccc34)c2)cc1. The van der Waals surface area contributed by atoms with Gasteiger partial charge in [-0.15, -0.1) is 0 Å². The molecule has 2 heterocycles. The van der Waals surface area contributed by atoms with E-state index < -0.39 is 0 Å². The summed E-state index contributed by atoms with van der Waals surface area (Å²) in [6.07, 6.45) is 6.09. The average molecular weight is 399 g/mol. The molecule has 2 aromatic carbocycles. The minimum absolute atomic E-state index is 0.124. The highest BCUT2D eigenvalue weighted by Gasteiger charge is 2.09. The lowest BCUT2D eigenvalue weighted by Crippen LogP contribution is -2.25. The molecule has 0 aliphatic rings. The lowest BCUT2D eigenvalue weighted by molar-refractivity contribution is 0.0954. The summed E-state index contributed by atoms with van der Waals surface area (Å²) in [6.45, 7) is 4.91. The Morgan fingerprint density at radius 1 is 1.03 bits per heavy atom. The minimum atomic E-state index is -0.124. The van der Waals surface area contributed by atoms with Gasteiger partial charge in [0, 0.05) is 35.5 Å². The van der Waals surface area contributed by atoms with E-state index in [0.29, 0.717) is 18.0 Å². The molecular weight excluding hydrogens is 372 g/mol. The normalized spacial score (nSPS) is 11.0. The second-order valence-corrected chi connectivity index (χ2v) is 7.73. The number of carbonyl (C=O) groups is 1. The molecule has 0 radical (unpaired) electrons. The molecule has 152 valence electrons. The number of rotatable bonds is 7. The van der Waals surface area contributed by atoms with Crippen LogP contribution in [0.4, 0.5) is 11.4 Å². The molecular formula is C25H26N4O. The molecule has 3 N–H and O–H groups in total. The van der Waals surface area contributed by atoms with E-state index in [4.69, 9.17) is 0 Å². The van der Waals surface area contributed by atoms with E-state index in [9.17, 15) is 4.79 Å². The van der Waals surface area contributed by atoms with Crippen LogP contribution in [0.3, 0.4) is 0 Å². The van der Waals surface area contributed by atoms with E-state index >= 15 is 0 Å². The number of nitrogens with zero attached hydrogens (tertiary/aromatic N) is 1. The molecule has 5 nitrogen and oxygen atoms in total. The number of para-hydroxylation sites is 1. The van der Waals surface area contributed by atoms with Crippen LogP contribution in [0.1, 0.15) is 41.3 Å². The highest BCUT2D eigenvalue weighted by Crippen LogP contribution is 2.21. The van der Waals surface area contributed by atoms with Crippen molar-refractivity contribution in [2.75, 3.05) is 11.9 Å². The van der Waals surface area contributed by atoms with Gasteiger partial charge in [0.1, 0.15) is 0 Å². The molecule has 0 saturated heterocycles. The van der Waals surface area contributed by atoms with Crippen molar-refractivity contribution in [3.63, 3.8) is 0 Å². The predicted octanol–water partition coefficient (Wildman–Crippen LogP) is 5.40. The highest BCUT2D eigenvalue weighted by molar-refractivity contribution is 5.95. The Bertz CT molecular complexity index is 1150. The van der Waals surface area contributed by atoms with Gasteiger partial charge < -0.3 is 15.6 Å². The summed E-state index contributed by atoms with van der Waals surface area (Å²) in [6, 6.07) is 18.3. The van der Waals surface area contributed by atoms with Crippen molar-refractivity contribution in [3.8, 4) is 0 Å². The molecule has 2 aromatic heterocycles. The fraction of sp³-hybridized carbons (Fsp3) is 0.200. The molecule has 0 atom stereocenters. The number of aromatic amines is 1. The molecule has 0 bridgehead atoms. The summed E-state index contributed by atoms with van der Waals surface area (Å²) < 4.78 is 0. The average Bonchev–Trinajstić information content (AvgIpc) is 3.17. The van der Waals surface area contributed by atoms with Gasteiger partial charge in [0.05, 0.1) is 17.4 Å². The number of amides is 1. The van der Waals surface area contributed by atoms with Crippen LogP contribution in [-0.2, 0) is 6.42 Å². The van der Waals surface area contributed by atoms with Crippen LogP contribution < -0.4 is 10.6 Å². The van der Waals surface area contributed by atoms with Gasteiger partial charge in [-0.3, -0.25) is 9.78 Å². The number of aromatic nitrogens is 2. The van der Waals surface area contributed by atoms with Gasteiger partial charge in [0.2, 0.25) is 0 Å². The lowest BCUT2D eigenvalue weighted by Gasteiger charge is -2.10. The van der Waals surface area contributed by atoms with E-state index in [0.717, 1.165) is 23.3 Å². The molecule has 1 amide bonds. The summed E-state index contributed by atoms with van der Waals surface area (Å²) in [5.74, 6) is 0.373. The molecule has 0 saturated carbocycles. The molecule has 4 aromatic rings. The van der Waals surface area contributed by atoms with E-state index in [1.165, 1.54) is 16.5 Å². The molecule has 0 fully saturated rings. The van der Waals surface area contributed by atoms with E-state index in [2.05, 4.69) is 58.7 Å². The van der Waals surface area contributed by atoms with Crippen LogP contribution >= 0.6 is 0 Å². The molecule has 0 aliphatic heterocycles. The second kappa shape index (κ2) is 8.82. The molecule has 4 rings (SSSR count). The number of nitrogens with one attached hydrogen (secondary N) is 3. The van der Waals surface area contributed by atoms with Crippen LogP contribution in [0.25, 0.3) is 10.9 Å². The zero-order valence-corrected chi connectivity index (χ0v) is 17.3. The van der Waals surface area contributed by atoms with Crippen molar-refractivity contribution in [1.82, 2.24) is 15.3 Å². The summed E-state index contributed by atoms with van der Waals surface area (Å²) >= 11 is 0. The monoisotopic (exact) mass is 398 g/mol. The van der Waals surface area contributed by atoms with Crippen LogP contribution in [0.5, 0.6) is 0 Å². The Hall–Kier alpha value is -3.60. The Labute approximate surface area is 176 Å². The van der Waals surface area contributed by atoms with E-state index in [-0.39, 0.29) is 5.91 Å². The second-order valence-electron chi connectivity index (χ2n) is 7.73. The maximum absolute atomic E-state index is 12.6. The minimum Gasteiger partial charge on any atom is -0.361 e. The maximum Gasteiger partial charge on any atom is 0.252 e. The van der Waals surface area contributed by atoms with Crippen LogP contribution in [0.2, 0.25) is 0 Å². The van der Waals surface area contributed by atoms with Gasteiger partial charge in [0.25, 0.3) is 5.91 Å². The van der Waals surface area contributed by atoms with Gasteiger partial charge in [-0.05, 0) is 47.7 Å². The van der Waals surface area contributed by atoms with E-state index in [1.807, 2.05) is 36.5 Å². The largest absolute Gasteiger partial charge is 0.361 e. The standard InChI is InChI=1S/C25H26N4O/c1-17(2)18-7-9-21(10-8-18)29-22-13-20(14-26-16-22)25(30)27-12-11-19-15-28-24-6-4-3-5-23(19)24/h3-10,13-17,28-29H,11-12H2,1-2H3,(H,27,30). The maximum atomic E-state index is 12.6. The number of hydrogen-bond acceptors (Lipinski definition) is 3. The third kappa shape index (κ3) is 4.51. The summed E-state index contributed by atoms with van der Waals surface area (Å²) in [5.41, 5.74) is 5.90. The van der Waals surface area contributed by atoms with Gasteiger partial charge in [0.15, 0.2) is 0 Å². The zero-order chi connectivity index (χ0) is 20.9. The predicted molar refractivity (Wildman–Crippen MR) is 122 cm³/mol. The van der Waals surface area contributed by atoms with Gasteiger partial charge in [-0.25, -0.2) is 0 Å². The van der Waals surface area contributed by atoms with Crippen molar-refractivity contribution in [3.05, 3.63) is 89.9 Å². The first-order chi connectivity index (χ1) is 14.6. The van der Waals surface area contributed by atoms with Gasteiger partial charge >= 0.3 is 0 Å². The first-order valence-corrected chi connectivity index (χ1v) is 10.3. The van der Waals surface area contributed by atoms with Gasteiger partial charge in [-0.2, -0.15) is 0 Å². The summed E-state index contributed by atoms with van der Waals surface area (Å²) in [7, 11) is 0. The fourth-order valence-corrected chi connectivity index (χ4v) is 3.50. The number of pyridine rings is 1. The number of anilines is 2. The Balaban J connectivity index is 1.36. The number of hydrogen-bond donors (Lipinski definition) is 3. The Kier molecular flexibility index (Phi) is 5.80. The molecule has 0 spiro atoms. The lowest BCUT2D eigenvalue weighted by atomic mass is 10.0. The van der Waals surface area contributed by atoms with Crippen LogP contribution in [0, 0.1) is 0 Å². The summed E-state index contributed by atoms with van der Waals surface area (Å²) in [4.78, 5) is 20.1. The summed E-state index contributed by atoms with van der Waals surface area (Å²) in [5, 5.41) is 7.51.